The highest BCUT2D eigenvalue weighted by Gasteiger charge is 2.38. The number of allylic oxidation sites excluding steroid dienone is 1. The lowest BCUT2D eigenvalue weighted by molar-refractivity contribution is -0.139. The second kappa shape index (κ2) is 12.2. The average Bonchev–Trinajstić information content (AvgIpc) is 3.50. The third-order valence-electron chi connectivity index (χ3n) is 6.86. The first-order valence-corrected chi connectivity index (χ1v) is 15.1. The molecule has 2 N–H and O–H groups in total. The van der Waals surface area contributed by atoms with E-state index >= 15 is 0 Å². The minimum Gasteiger partial charge on any atom is -0.463 e. The zero-order valence-electron chi connectivity index (χ0n) is 21.7. The Bertz CT molecular complexity index is 1600. The van der Waals surface area contributed by atoms with Crippen LogP contribution in [-0.2, 0) is 27.1 Å². The summed E-state index contributed by atoms with van der Waals surface area (Å²) in [6.07, 6.45) is 3.84. The van der Waals surface area contributed by atoms with Gasteiger partial charge in [-0.1, -0.05) is 41.6 Å². The van der Waals surface area contributed by atoms with E-state index in [0.717, 1.165) is 47.4 Å². The minimum absolute atomic E-state index is 0.0794. The number of halogens is 1. The fourth-order valence-electron chi connectivity index (χ4n) is 5.10. The van der Waals surface area contributed by atoms with Crippen LogP contribution < -0.4 is 5.73 Å². The van der Waals surface area contributed by atoms with Crippen molar-refractivity contribution in [2.24, 2.45) is 5.73 Å². The topological polar surface area (TPSA) is 122 Å². The quantitative estimate of drug-likeness (QED) is 0.241. The summed E-state index contributed by atoms with van der Waals surface area (Å²) in [7, 11) is 0. The van der Waals surface area contributed by atoms with Crippen LogP contribution in [0.15, 0.2) is 69.6 Å². The Hall–Kier alpha value is -3.76. The molecule has 0 spiro atoms. The van der Waals surface area contributed by atoms with Gasteiger partial charge in [-0.05, 0) is 67.3 Å². The Labute approximate surface area is 245 Å². The number of benzene rings is 1. The van der Waals surface area contributed by atoms with Crippen molar-refractivity contribution in [3.8, 4) is 22.6 Å². The van der Waals surface area contributed by atoms with E-state index in [1.807, 2.05) is 17.5 Å². The van der Waals surface area contributed by atoms with E-state index in [2.05, 4.69) is 12.1 Å². The molecule has 0 saturated heterocycles. The van der Waals surface area contributed by atoms with Crippen LogP contribution in [0.1, 0.15) is 48.1 Å². The molecule has 7 nitrogen and oxygen atoms in total. The number of carbonyl (C=O) groups is 1. The van der Waals surface area contributed by atoms with Crippen LogP contribution in [0.4, 0.5) is 0 Å². The number of aryl methyl sites for hydroxylation is 1. The molecule has 3 aromatic rings. The summed E-state index contributed by atoms with van der Waals surface area (Å²) < 4.78 is 11.3. The van der Waals surface area contributed by atoms with Gasteiger partial charge in [0.15, 0.2) is 0 Å². The highest BCUT2D eigenvalue weighted by Crippen LogP contribution is 2.43. The number of carbonyl (C=O) groups excluding carboxylic acids is 1. The molecule has 0 bridgehead atoms. The van der Waals surface area contributed by atoms with E-state index in [-0.39, 0.29) is 35.1 Å². The Morgan fingerprint density at radius 1 is 1.23 bits per heavy atom. The number of ether oxygens (including phenoxy) is 2. The van der Waals surface area contributed by atoms with Crippen molar-refractivity contribution in [2.75, 3.05) is 12.4 Å². The van der Waals surface area contributed by atoms with Gasteiger partial charge >= 0.3 is 5.97 Å². The van der Waals surface area contributed by atoms with Crippen LogP contribution in [-0.4, -0.2) is 23.3 Å². The lowest BCUT2D eigenvalue weighted by atomic mass is 9.83. The first kappa shape index (κ1) is 27.8. The zero-order valence-corrected chi connectivity index (χ0v) is 24.1. The molecule has 0 saturated carbocycles. The number of pyridine rings is 1. The van der Waals surface area contributed by atoms with Gasteiger partial charge in [0.2, 0.25) is 5.88 Å². The molecule has 1 atom stereocenters. The third-order valence-corrected chi connectivity index (χ3v) is 8.97. The van der Waals surface area contributed by atoms with Crippen molar-refractivity contribution in [1.82, 2.24) is 4.98 Å². The van der Waals surface area contributed by atoms with Gasteiger partial charge in [0, 0.05) is 21.2 Å². The molecule has 1 aliphatic heterocycles. The van der Waals surface area contributed by atoms with E-state index in [4.69, 9.17) is 31.8 Å². The van der Waals surface area contributed by atoms with Gasteiger partial charge in [-0.2, -0.15) is 10.5 Å². The predicted octanol–water partition coefficient (Wildman–Crippen LogP) is 6.63. The van der Waals surface area contributed by atoms with Crippen molar-refractivity contribution in [3.05, 3.63) is 92.0 Å². The van der Waals surface area contributed by atoms with Gasteiger partial charge in [0.25, 0.3) is 0 Å². The molecule has 3 heterocycles. The fourth-order valence-corrected chi connectivity index (χ4v) is 6.98. The fraction of sp³-hybridized carbons (Fsp3) is 0.267. The average molecular weight is 589 g/mol. The molecule has 1 aromatic carbocycles. The van der Waals surface area contributed by atoms with Gasteiger partial charge in [-0.3, -0.25) is 0 Å². The van der Waals surface area contributed by atoms with E-state index in [1.54, 1.807) is 42.5 Å². The third kappa shape index (κ3) is 5.33. The van der Waals surface area contributed by atoms with Gasteiger partial charge in [0.05, 0.1) is 29.4 Å². The highest BCUT2D eigenvalue weighted by atomic mass is 35.5. The summed E-state index contributed by atoms with van der Waals surface area (Å²) in [4.78, 5) is 19.3. The molecular formula is C30H25ClN4O3S2. The Morgan fingerprint density at radius 3 is 2.67 bits per heavy atom. The maximum Gasteiger partial charge on any atom is 0.338 e. The smallest absolute Gasteiger partial charge is 0.338 e. The summed E-state index contributed by atoms with van der Waals surface area (Å²) in [6, 6.07) is 15.4. The highest BCUT2D eigenvalue weighted by molar-refractivity contribution is 7.99. The van der Waals surface area contributed by atoms with Crippen LogP contribution in [0.2, 0.25) is 5.02 Å². The van der Waals surface area contributed by atoms with Crippen molar-refractivity contribution < 1.29 is 14.3 Å². The normalized spacial score (nSPS) is 16.6. The van der Waals surface area contributed by atoms with E-state index < -0.39 is 11.9 Å². The standard InChI is InChI=1S/C30H25ClN4O3S2/c1-2-37-30(36)27-23(38-28(34)20(14-32)25(27)17-9-11-18(31)12-10-17)16-40-29-21(15-33)26(24-8-5-13-39-24)19-6-3-4-7-22(19)35-29/h5,8-13,25H,2-4,6-7,16,34H2,1H3/t25-/m1/s1. The molecule has 0 fully saturated rings. The largest absolute Gasteiger partial charge is 0.463 e. The monoisotopic (exact) mass is 588 g/mol. The first-order valence-electron chi connectivity index (χ1n) is 12.8. The summed E-state index contributed by atoms with van der Waals surface area (Å²) in [5.41, 5.74) is 10.8. The molecule has 2 aliphatic rings. The van der Waals surface area contributed by atoms with Crippen molar-refractivity contribution in [1.29, 1.82) is 10.5 Å². The lowest BCUT2D eigenvalue weighted by Crippen LogP contribution is -2.27. The molecular weight excluding hydrogens is 564 g/mol. The Balaban J connectivity index is 1.60. The number of hydrogen-bond acceptors (Lipinski definition) is 9. The van der Waals surface area contributed by atoms with Gasteiger partial charge in [0.1, 0.15) is 28.5 Å². The summed E-state index contributed by atoms with van der Waals surface area (Å²) in [5, 5.41) is 23.3. The van der Waals surface area contributed by atoms with E-state index in [0.29, 0.717) is 21.2 Å². The first-order chi connectivity index (χ1) is 19.5. The molecule has 10 heteroatoms. The molecule has 0 unspecified atom stereocenters. The molecule has 5 rings (SSSR count). The lowest BCUT2D eigenvalue weighted by Gasteiger charge is -2.28. The van der Waals surface area contributed by atoms with Crippen LogP contribution in [0, 0.1) is 22.7 Å². The van der Waals surface area contributed by atoms with Crippen LogP contribution >= 0.6 is 34.7 Å². The molecule has 2 aromatic heterocycles. The predicted molar refractivity (Wildman–Crippen MR) is 155 cm³/mol. The van der Waals surface area contributed by atoms with Crippen LogP contribution in [0.5, 0.6) is 0 Å². The molecule has 1 aliphatic carbocycles. The SMILES string of the molecule is CCOC(=O)C1=C(CSc2nc3c(c(-c4cccs4)c2C#N)CCCC3)OC(N)=C(C#N)[C@H]1c1ccc(Cl)cc1. The molecule has 0 amide bonds. The van der Waals surface area contributed by atoms with Crippen LogP contribution in [0.25, 0.3) is 10.4 Å². The summed E-state index contributed by atoms with van der Waals surface area (Å²) >= 11 is 9.02. The van der Waals surface area contributed by atoms with E-state index in [9.17, 15) is 15.3 Å². The number of nitrogens with two attached hydrogens (primary N) is 1. The second-order valence-corrected chi connectivity index (χ2v) is 11.6. The zero-order chi connectivity index (χ0) is 28.2. The number of nitrogens with zero attached hydrogens (tertiary/aromatic N) is 3. The van der Waals surface area contributed by atoms with Gasteiger partial charge in [-0.25, -0.2) is 9.78 Å². The number of esters is 1. The number of nitriles is 2. The minimum atomic E-state index is -0.792. The Morgan fingerprint density at radius 2 is 2.00 bits per heavy atom. The van der Waals surface area contributed by atoms with Gasteiger partial charge < -0.3 is 15.2 Å². The molecule has 40 heavy (non-hydrogen) atoms. The van der Waals surface area contributed by atoms with E-state index in [1.165, 1.54) is 11.8 Å². The Kier molecular flexibility index (Phi) is 8.46. The number of hydrogen-bond donors (Lipinski definition) is 1. The summed E-state index contributed by atoms with van der Waals surface area (Å²) in [6.45, 7) is 1.86. The number of rotatable bonds is 7. The van der Waals surface area contributed by atoms with Crippen molar-refractivity contribution in [2.45, 2.75) is 43.6 Å². The van der Waals surface area contributed by atoms with Crippen molar-refractivity contribution >= 4 is 40.7 Å². The number of thioether (sulfide) groups is 1. The molecule has 0 radical (unpaired) electrons. The number of thiophene rings is 1. The second-order valence-electron chi connectivity index (χ2n) is 9.21. The van der Waals surface area contributed by atoms with Gasteiger partial charge in [-0.15, -0.1) is 11.3 Å². The number of aromatic nitrogens is 1. The molecule has 202 valence electrons. The maximum absolute atomic E-state index is 13.3. The number of fused-ring (bicyclic) bond motifs is 1. The summed E-state index contributed by atoms with van der Waals surface area (Å²) in [5.74, 6) is -1.05. The van der Waals surface area contributed by atoms with Crippen LogP contribution in [0.3, 0.4) is 0 Å². The maximum atomic E-state index is 13.3. The van der Waals surface area contributed by atoms with Crippen molar-refractivity contribution in [3.63, 3.8) is 0 Å².